The van der Waals surface area contributed by atoms with Gasteiger partial charge in [-0.05, 0) is 43.5 Å². The summed E-state index contributed by atoms with van der Waals surface area (Å²) >= 11 is 0. The zero-order valence-electron chi connectivity index (χ0n) is 11.6. The lowest BCUT2D eigenvalue weighted by molar-refractivity contribution is 0.610. The fourth-order valence-electron chi connectivity index (χ4n) is 2.12. The standard InChI is InChI=1S/C16H16FN3/c1-11-9-12(2)20-16(14(11)10-18)19-8-7-13-5-3-4-6-15(13)17/h3-6,9H,7-8H2,1-2H3,(H,19,20). The van der Waals surface area contributed by atoms with Crippen molar-refractivity contribution in [3.8, 4) is 6.07 Å². The van der Waals surface area contributed by atoms with Gasteiger partial charge in [-0.2, -0.15) is 5.26 Å². The highest BCUT2D eigenvalue weighted by atomic mass is 19.1. The molecule has 0 radical (unpaired) electrons. The Kier molecular flexibility index (Phi) is 4.31. The number of nitrogens with one attached hydrogen (secondary N) is 1. The number of nitriles is 1. The second kappa shape index (κ2) is 6.16. The van der Waals surface area contributed by atoms with Crippen molar-refractivity contribution in [3.05, 3.63) is 58.5 Å². The van der Waals surface area contributed by atoms with Gasteiger partial charge in [0.2, 0.25) is 0 Å². The molecule has 4 heteroatoms. The number of benzene rings is 1. The molecule has 2 aromatic rings. The molecule has 0 spiro atoms. The number of halogens is 1. The number of aromatic nitrogens is 1. The Balaban J connectivity index is 2.09. The zero-order chi connectivity index (χ0) is 14.5. The number of aryl methyl sites for hydroxylation is 2. The van der Waals surface area contributed by atoms with E-state index >= 15 is 0 Å². The normalized spacial score (nSPS) is 10.1. The summed E-state index contributed by atoms with van der Waals surface area (Å²) in [5.41, 5.74) is 2.95. The van der Waals surface area contributed by atoms with Gasteiger partial charge in [0.15, 0.2) is 0 Å². The number of rotatable bonds is 4. The van der Waals surface area contributed by atoms with Crippen LogP contribution >= 0.6 is 0 Å². The quantitative estimate of drug-likeness (QED) is 0.925. The van der Waals surface area contributed by atoms with Gasteiger partial charge in [-0.25, -0.2) is 9.37 Å². The molecule has 0 aliphatic carbocycles. The smallest absolute Gasteiger partial charge is 0.144 e. The molecule has 0 bridgehead atoms. The lowest BCUT2D eigenvalue weighted by Gasteiger charge is -2.10. The molecule has 1 aromatic carbocycles. The van der Waals surface area contributed by atoms with Gasteiger partial charge in [0.25, 0.3) is 0 Å². The minimum atomic E-state index is -0.205. The van der Waals surface area contributed by atoms with Crippen molar-refractivity contribution in [2.45, 2.75) is 20.3 Å². The number of anilines is 1. The summed E-state index contributed by atoms with van der Waals surface area (Å²) in [6.07, 6.45) is 0.548. The molecule has 0 aliphatic heterocycles. The van der Waals surface area contributed by atoms with Gasteiger partial charge in [0, 0.05) is 12.2 Å². The van der Waals surface area contributed by atoms with Crippen molar-refractivity contribution < 1.29 is 4.39 Å². The average Bonchev–Trinajstić information content (AvgIpc) is 2.40. The third-order valence-corrected chi connectivity index (χ3v) is 3.10. The monoisotopic (exact) mass is 269 g/mol. The van der Waals surface area contributed by atoms with Crippen molar-refractivity contribution in [2.75, 3.05) is 11.9 Å². The topological polar surface area (TPSA) is 48.7 Å². The molecule has 102 valence electrons. The van der Waals surface area contributed by atoms with Crippen molar-refractivity contribution in [1.82, 2.24) is 4.98 Å². The Morgan fingerprint density at radius 1 is 1.30 bits per heavy atom. The van der Waals surface area contributed by atoms with Crippen LogP contribution < -0.4 is 5.32 Å². The Hall–Kier alpha value is -2.41. The van der Waals surface area contributed by atoms with Crippen molar-refractivity contribution in [2.24, 2.45) is 0 Å². The van der Waals surface area contributed by atoms with Crippen LogP contribution in [0.2, 0.25) is 0 Å². The number of hydrogen-bond acceptors (Lipinski definition) is 3. The highest BCUT2D eigenvalue weighted by Crippen LogP contribution is 2.17. The molecule has 1 heterocycles. The molecule has 3 nitrogen and oxygen atoms in total. The molecule has 0 fully saturated rings. The van der Waals surface area contributed by atoms with Crippen LogP contribution in [0.5, 0.6) is 0 Å². The number of pyridine rings is 1. The van der Waals surface area contributed by atoms with E-state index in [1.165, 1.54) is 6.07 Å². The molecular formula is C16H16FN3. The summed E-state index contributed by atoms with van der Waals surface area (Å²) in [6.45, 7) is 4.30. The maximum Gasteiger partial charge on any atom is 0.144 e. The number of nitrogens with zero attached hydrogens (tertiary/aromatic N) is 2. The van der Waals surface area contributed by atoms with E-state index in [-0.39, 0.29) is 5.82 Å². The Morgan fingerprint density at radius 2 is 2.05 bits per heavy atom. The maximum atomic E-state index is 13.5. The lowest BCUT2D eigenvalue weighted by atomic mass is 10.1. The second-order valence-corrected chi connectivity index (χ2v) is 4.68. The minimum Gasteiger partial charge on any atom is -0.369 e. The van der Waals surface area contributed by atoms with E-state index in [0.29, 0.717) is 29.9 Å². The van der Waals surface area contributed by atoms with Crippen LogP contribution in [0.15, 0.2) is 30.3 Å². The van der Waals surface area contributed by atoms with E-state index in [1.807, 2.05) is 26.0 Å². The summed E-state index contributed by atoms with van der Waals surface area (Å²) < 4.78 is 13.5. The van der Waals surface area contributed by atoms with E-state index < -0.39 is 0 Å². The first kappa shape index (κ1) is 14.0. The maximum absolute atomic E-state index is 13.5. The van der Waals surface area contributed by atoms with Crippen LogP contribution in [0.25, 0.3) is 0 Å². The third kappa shape index (κ3) is 3.12. The highest BCUT2D eigenvalue weighted by Gasteiger charge is 2.08. The molecule has 0 amide bonds. The van der Waals surface area contributed by atoms with Crippen LogP contribution in [0.3, 0.4) is 0 Å². The molecule has 1 N–H and O–H groups in total. The molecule has 0 saturated heterocycles. The van der Waals surface area contributed by atoms with E-state index in [2.05, 4.69) is 16.4 Å². The highest BCUT2D eigenvalue weighted by molar-refractivity contribution is 5.56. The fraction of sp³-hybridized carbons (Fsp3) is 0.250. The van der Waals surface area contributed by atoms with Gasteiger partial charge in [0.1, 0.15) is 17.7 Å². The molecule has 1 aromatic heterocycles. The van der Waals surface area contributed by atoms with Gasteiger partial charge >= 0.3 is 0 Å². The molecular weight excluding hydrogens is 253 g/mol. The second-order valence-electron chi connectivity index (χ2n) is 4.68. The summed E-state index contributed by atoms with van der Waals surface area (Å²) in [6, 6.07) is 10.7. The molecule has 0 aliphatic rings. The SMILES string of the molecule is Cc1cc(C)c(C#N)c(NCCc2ccccc2F)n1. The zero-order valence-corrected chi connectivity index (χ0v) is 11.6. The first-order valence-electron chi connectivity index (χ1n) is 6.47. The summed E-state index contributed by atoms with van der Waals surface area (Å²) in [5.74, 6) is 0.365. The first-order chi connectivity index (χ1) is 9.61. The Morgan fingerprint density at radius 3 is 2.75 bits per heavy atom. The Bertz CT molecular complexity index is 659. The van der Waals surface area contributed by atoms with Crippen molar-refractivity contribution in [1.29, 1.82) is 5.26 Å². The van der Waals surface area contributed by atoms with Crippen LogP contribution in [-0.2, 0) is 6.42 Å². The number of hydrogen-bond donors (Lipinski definition) is 1. The van der Waals surface area contributed by atoms with Crippen LogP contribution in [-0.4, -0.2) is 11.5 Å². The van der Waals surface area contributed by atoms with Gasteiger partial charge in [-0.1, -0.05) is 18.2 Å². The van der Waals surface area contributed by atoms with Crippen LogP contribution in [0.1, 0.15) is 22.4 Å². The predicted octanol–water partition coefficient (Wildman–Crippen LogP) is 3.36. The Labute approximate surface area is 118 Å². The molecule has 0 unspecified atom stereocenters. The van der Waals surface area contributed by atoms with Gasteiger partial charge in [-0.3, -0.25) is 0 Å². The third-order valence-electron chi connectivity index (χ3n) is 3.10. The van der Waals surface area contributed by atoms with Crippen molar-refractivity contribution >= 4 is 5.82 Å². The van der Waals surface area contributed by atoms with E-state index in [1.54, 1.807) is 12.1 Å². The van der Waals surface area contributed by atoms with Crippen molar-refractivity contribution in [3.63, 3.8) is 0 Å². The largest absolute Gasteiger partial charge is 0.369 e. The minimum absolute atomic E-state index is 0.205. The van der Waals surface area contributed by atoms with Gasteiger partial charge < -0.3 is 5.32 Å². The van der Waals surface area contributed by atoms with Crippen LogP contribution in [0.4, 0.5) is 10.2 Å². The molecule has 2 rings (SSSR count). The van der Waals surface area contributed by atoms with Gasteiger partial charge in [-0.15, -0.1) is 0 Å². The predicted molar refractivity (Wildman–Crippen MR) is 77.0 cm³/mol. The van der Waals surface area contributed by atoms with E-state index in [4.69, 9.17) is 5.26 Å². The molecule has 20 heavy (non-hydrogen) atoms. The van der Waals surface area contributed by atoms with Crippen LogP contribution in [0, 0.1) is 31.0 Å². The lowest BCUT2D eigenvalue weighted by Crippen LogP contribution is -2.10. The summed E-state index contributed by atoms with van der Waals surface area (Å²) in [5, 5.41) is 12.3. The summed E-state index contributed by atoms with van der Waals surface area (Å²) in [4.78, 5) is 4.33. The molecule has 0 saturated carbocycles. The first-order valence-corrected chi connectivity index (χ1v) is 6.47. The van der Waals surface area contributed by atoms with E-state index in [0.717, 1.165) is 11.3 Å². The fourth-order valence-corrected chi connectivity index (χ4v) is 2.12. The summed E-state index contributed by atoms with van der Waals surface area (Å²) in [7, 11) is 0. The van der Waals surface area contributed by atoms with Gasteiger partial charge in [0.05, 0.1) is 5.56 Å². The van der Waals surface area contributed by atoms with E-state index in [9.17, 15) is 4.39 Å². The average molecular weight is 269 g/mol. The molecule has 0 atom stereocenters.